The Labute approximate surface area is 290 Å². The monoisotopic (exact) mass is 694 g/mol. The number of ether oxygens (including phenoxy) is 1. The largest absolute Gasteiger partial charge is 0.444 e. The molecule has 3 N–H and O–H groups in total. The van der Waals surface area contributed by atoms with E-state index in [2.05, 4.69) is 15.2 Å². The topological polar surface area (TPSA) is 130 Å². The number of aromatic nitrogens is 1. The predicted octanol–water partition coefficient (Wildman–Crippen LogP) is 6.47. The van der Waals surface area contributed by atoms with Crippen molar-refractivity contribution in [3.05, 3.63) is 95.6 Å². The van der Waals surface area contributed by atoms with Gasteiger partial charge >= 0.3 is 12.1 Å². The van der Waals surface area contributed by atoms with Crippen LogP contribution in [-0.4, -0.2) is 54.2 Å². The summed E-state index contributed by atoms with van der Waals surface area (Å²) in [6.07, 6.45) is 6.09. The third-order valence-corrected chi connectivity index (χ3v) is 10.5. The van der Waals surface area contributed by atoms with E-state index in [0.717, 1.165) is 29.7 Å². The number of rotatable bonds is 11. The van der Waals surface area contributed by atoms with E-state index >= 15 is 4.39 Å². The number of hydrogen-bond acceptors (Lipinski definition) is 8. The first-order chi connectivity index (χ1) is 23.0. The lowest BCUT2D eigenvalue weighted by molar-refractivity contribution is -0.146. The number of amides is 1. The zero-order chi connectivity index (χ0) is 35.6. The van der Waals surface area contributed by atoms with Gasteiger partial charge in [-0.3, -0.25) is 9.88 Å². The molecule has 10 nitrogen and oxygen atoms in total. The van der Waals surface area contributed by atoms with Gasteiger partial charge in [0.2, 0.25) is 0 Å². The van der Waals surface area contributed by atoms with Crippen LogP contribution in [0.4, 0.5) is 14.9 Å². The highest BCUT2D eigenvalue weighted by Crippen LogP contribution is 2.43. The van der Waals surface area contributed by atoms with Crippen LogP contribution in [0.15, 0.2) is 73.1 Å². The van der Waals surface area contributed by atoms with Gasteiger partial charge in [-0.2, -0.15) is 0 Å². The number of hydrogen-bond donors (Lipinski definition) is 3. The van der Waals surface area contributed by atoms with E-state index in [4.69, 9.17) is 9.57 Å². The third kappa shape index (κ3) is 8.66. The van der Waals surface area contributed by atoms with Gasteiger partial charge in [-0.25, -0.2) is 28.4 Å². The van der Waals surface area contributed by atoms with Gasteiger partial charge in [-0.15, -0.1) is 0 Å². The molecule has 2 heterocycles. The van der Waals surface area contributed by atoms with Crippen molar-refractivity contribution in [1.29, 1.82) is 0 Å². The lowest BCUT2D eigenvalue weighted by Crippen LogP contribution is -2.49. The summed E-state index contributed by atoms with van der Waals surface area (Å²) in [6.45, 7) is 10.6. The first-order valence-electron chi connectivity index (χ1n) is 16.7. The zero-order valence-corrected chi connectivity index (χ0v) is 29.8. The molecule has 1 aromatic heterocycles. The second-order valence-electron chi connectivity index (χ2n) is 15.0. The first-order valence-corrected chi connectivity index (χ1v) is 17.8. The van der Waals surface area contributed by atoms with Crippen molar-refractivity contribution in [3.8, 4) is 0 Å². The molecule has 4 atom stereocenters. The summed E-state index contributed by atoms with van der Waals surface area (Å²) in [4.78, 5) is 37.7. The Morgan fingerprint density at radius 3 is 2.31 bits per heavy atom. The normalized spacial score (nSPS) is 21.5. The van der Waals surface area contributed by atoms with Crippen LogP contribution in [-0.2, 0) is 36.5 Å². The number of anilines is 1. The summed E-state index contributed by atoms with van der Waals surface area (Å²) in [5, 5.41) is 11.6. The molecule has 0 spiro atoms. The molecule has 5 rings (SSSR count). The van der Waals surface area contributed by atoms with Crippen molar-refractivity contribution in [1.82, 2.24) is 14.6 Å². The Balaban J connectivity index is 1.45. The van der Waals surface area contributed by atoms with E-state index in [0.29, 0.717) is 23.5 Å². The van der Waals surface area contributed by atoms with Crippen molar-refractivity contribution in [2.24, 2.45) is 5.92 Å². The van der Waals surface area contributed by atoms with Crippen molar-refractivity contribution < 1.29 is 32.9 Å². The molecule has 1 aliphatic carbocycles. The van der Waals surface area contributed by atoms with E-state index in [-0.39, 0.29) is 18.7 Å². The second-order valence-corrected chi connectivity index (χ2v) is 17.0. The van der Waals surface area contributed by atoms with E-state index in [1.54, 1.807) is 75.6 Å². The van der Waals surface area contributed by atoms with Gasteiger partial charge in [0.05, 0.1) is 27.8 Å². The minimum Gasteiger partial charge on any atom is -0.444 e. The summed E-state index contributed by atoms with van der Waals surface area (Å²) in [5.41, 5.74) is 0.939. The number of nitrogens with one attached hydrogen (secondary N) is 2. The van der Waals surface area contributed by atoms with Gasteiger partial charge in [0.25, 0.3) is 0 Å². The lowest BCUT2D eigenvalue weighted by Gasteiger charge is -2.38. The van der Waals surface area contributed by atoms with E-state index in [1.807, 2.05) is 32.9 Å². The number of nitrogens with zero attached hydrogens (tertiary/aromatic N) is 2. The molecule has 1 saturated heterocycles. The van der Waals surface area contributed by atoms with Gasteiger partial charge in [0.15, 0.2) is 0 Å². The molecular formula is C37H47FN4O6S. The summed E-state index contributed by atoms with van der Waals surface area (Å²) in [7, 11) is -1.51. The molecular weight excluding hydrogens is 647 g/mol. The number of benzene rings is 2. The Bertz CT molecular complexity index is 1660. The Morgan fingerprint density at radius 1 is 1.02 bits per heavy atom. The summed E-state index contributed by atoms with van der Waals surface area (Å²) in [5.74, 6) is -1.03. The lowest BCUT2D eigenvalue weighted by atomic mass is 9.79. The number of halogens is 1. The standard InChI is InChI=1S/C37H47FN4O6S/c1-34(2,3)47-33(44)42-24-36(45,26-10-8-7-9-11-26)23-31(42)32(43)48-40-30-22-28(14-15-29(30)38)37(19-16-25-12-13-25,27-17-20-39-21-18-27)41-49(46)35(4,5)6/h7-11,14-15,17-18,20-22,25,31,40-41,45H,12-13,16,19,23-24H2,1-6H3/t31-,36-,37?,49-/m1/s1. The van der Waals surface area contributed by atoms with Crippen LogP contribution in [0.2, 0.25) is 0 Å². The third-order valence-electron chi connectivity index (χ3n) is 8.89. The van der Waals surface area contributed by atoms with Crippen LogP contribution in [0, 0.1) is 11.7 Å². The summed E-state index contributed by atoms with van der Waals surface area (Å²) >= 11 is 0. The van der Waals surface area contributed by atoms with Crippen LogP contribution in [0.1, 0.15) is 90.3 Å². The van der Waals surface area contributed by atoms with Gasteiger partial charge in [-0.1, -0.05) is 49.2 Å². The van der Waals surface area contributed by atoms with Crippen molar-refractivity contribution in [3.63, 3.8) is 0 Å². The number of β-amino-alcohol motifs (C(OH)–C–C–N with tert-alkyl or cyclic N) is 1. The Hall–Kier alpha value is -3.87. The molecule has 1 aliphatic heterocycles. The summed E-state index contributed by atoms with van der Waals surface area (Å²) in [6, 6.07) is 15.7. The minimum atomic E-state index is -1.55. The highest BCUT2D eigenvalue weighted by molar-refractivity contribution is 7.84. The predicted molar refractivity (Wildman–Crippen MR) is 186 cm³/mol. The summed E-state index contributed by atoms with van der Waals surface area (Å²) < 4.78 is 37.5. The first kappa shape index (κ1) is 36.4. The van der Waals surface area contributed by atoms with Crippen molar-refractivity contribution in [2.75, 3.05) is 12.0 Å². The fourth-order valence-electron chi connectivity index (χ4n) is 6.01. The molecule has 1 unspecified atom stereocenters. The SMILES string of the molecule is CC(C)(C)OC(=O)N1C[C@@](O)(c2ccccc2)C[C@@H]1C(=O)ONc1cc(C(CCC2CC2)(N[S@](=O)C(C)(C)C)c2ccncc2)ccc1F. The van der Waals surface area contributed by atoms with Crippen molar-refractivity contribution >= 4 is 28.7 Å². The Kier molecular flexibility index (Phi) is 10.5. The number of carbonyl (C=O) groups excluding carboxylic acids is 2. The van der Waals surface area contributed by atoms with Crippen molar-refractivity contribution in [2.45, 2.75) is 101 Å². The molecule has 2 aromatic carbocycles. The molecule has 2 fully saturated rings. The van der Waals surface area contributed by atoms with E-state index < -0.39 is 56.4 Å². The number of carbonyl (C=O) groups is 2. The van der Waals surface area contributed by atoms with Crippen LogP contribution in [0.5, 0.6) is 0 Å². The molecule has 2 aliphatic rings. The van der Waals surface area contributed by atoms with Gasteiger partial charge in [-0.05, 0) is 101 Å². The fourth-order valence-corrected chi connectivity index (χ4v) is 6.97. The second kappa shape index (κ2) is 14.2. The maximum absolute atomic E-state index is 15.4. The van der Waals surface area contributed by atoms with Crippen LogP contribution in [0.25, 0.3) is 0 Å². The molecule has 1 amide bonds. The highest BCUT2D eigenvalue weighted by atomic mass is 32.2. The van der Waals surface area contributed by atoms with Gasteiger partial charge in [0, 0.05) is 18.8 Å². The molecule has 12 heteroatoms. The quantitative estimate of drug-likeness (QED) is 0.195. The van der Waals surface area contributed by atoms with Gasteiger partial charge < -0.3 is 14.7 Å². The maximum atomic E-state index is 15.4. The zero-order valence-electron chi connectivity index (χ0n) is 29.0. The van der Waals surface area contributed by atoms with Crippen LogP contribution >= 0.6 is 0 Å². The molecule has 3 aromatic rings. The van der Waals surface area contributed by atoms with Gasteiger partial charge in [0.1, 0.15) is 28.7 Å². The van der Waals surface area contributed by atoms with E-state index in [9.17, 15) is 18.9 Å². The average molecular weight is 695 g/mol. The minimum absolute atomic E-state index is 0.126. The fraction of sp³-hybridized carbons (Fsp3) is 0.486. The van der Waals surface area contributed by atoms with Crippen LogP contribution < -0.4 is 10.2 Å². The molecule has 264 valence electrons. The maximum Gasteiger partial charge on any atom is 0.411 e. The average Bonchev–Trinajstić information content (AvgIpc) is 3.81. The van der Waals surface area contributed by atoms with Crippen LogP contribution in [0.3, 0.4) is 0 Å². The number of likely N-dealkylation sites (tertiary alicyclic amines) is 1. The number of aliphatic hydroxyl groups is 1. The Morgan fingerprint density at radius 2 is 1.69 bits per heavy atom. The molecule has 49 heavy (non-hydrogen) atoms. The van der Waals surface area contributed by atoms with E-state index in [1.165, 1.54) is 6.07 Å². The number of pyridine rings is 1. The highest BCUT2D eigenvalue weighted by Gasteiger charge is 2.51. The smallest absolute Gasteiger partial charge is 0.411 e. The molecule has 0 bridgehead atoms. The molecule has 1 saturated carbocycles. The molecule has 0 radical (unpaired) electrons.